The highest BCUT2D eigenvalue weighted by atomic mass is 32.1. The quantitative estimate of drug-likeness (QED) is 0.723. The summed E-state index contributed by atoms with van der Waals surface area (Å²) in [7, 11) is 0. The minimum Gasteiger partial charge on any atom is -0.326 e. The highest BCUT2D eigenvalue weighted by Gasteiger charge is 2.29. The molecule has 0 radical (unpaired) electrons. The van der Waals surface area contributed by atoms with Gasteiger partial charge in [0.15, 0.2) is 0 Å². The van der Waals surface area contributed by atoms with Crippen LogP contribution >= 0.6 is 11.3 Å². The van der Waals surface area contributed by atoms with Gasteiger partial charge in [-0.2, -0.15) is 0 Å². The van der Waals surface area contributed by atoms with Crippen molar-refractivity contribution in [2.24, 2.45) is 0 Å². The number of urea groups is 1. The van der Waals surface area contributed by atoms with Crippen LogP contribution in [-0.2, 0) is 9.59 Å². The number of aromatic nitrogens is 1. The lowest BCUT2D eigenvalue weighted by Gasteiger charge is -2.09. The molecule has 0 spiro atoms. The maximum Gasteiger partial charge on any atom is 0.322 e. The van der Waals surface area contributed by atoms with Crippen LogP contribution < -0.4 is 16.0 Å². The Morgan fingerprint density at radius 1 is 1.38 bits per heavy atom. The zero-order chi connectivity index (χ0) is 17.1. The molecule has 24 heavy (non-hydrogen) atoms. The van der Waals surface area contributed by atoms with Crippen LogP contribution in [0.4, 0.5) is 10.5 Å². The number of carbonyl (C=O) groups is 3. The van der Waals surface area contributed by atoms with E-state index in [1.807, 2.05) is 30.5 Å². The Labute approximate surface area is 142 Å². The van der Waals surface area contributed by atoms with Crippen molar-refractivity contribution < 1.29 is 14.4 Å². The SMILES string of the molecule is Cc1nc(-c2cccc(NC(=O)CC[C@@H]3NC(=O)NC3=O)c2)cs1. The first kappa shape index (κ1) is 16.1. The molecule has 3 N–H and O–H groups in total. The maximum atomic E-state index is 12.0. The Morgan fingerprint density at radius 2 is 2.21 bits per heavy atom. The van der Waals surface area contributed by atoms with Gasteiger partial charge in [-0.15, -0.1) is 11.3 Å². The van der Waals surface area contributed by atoms with Crippen LogP contribution in [0.5, 0.6) is 0 Å². The first-order valence-corrected chi connectivity index (χ1v) is 8.33. The normalized spacial score (nSPS) is 16.6. The topological polar surface area (TPSA) is 100 Å². The van der Waals surface area contributed by atoms with Crippen LogP contribution in [0.25, 0.3) is 11.3 Å². The average Bonchev–Trinajstić information content (AvgIpc) is 3.11. The number of hydrogen-bond donors (Lipinski definition) is 3. The summed E-state index contributed by atoms with van der Waals surface area (Å²) in [6.07, 6.45) is 0.396. The second kappa shape index (κ2) is 6.79. The lowest BCUT2D eigenvalue weighted by molar-refractivity contribution is -0.120. The molecule has 4 amide bonds. The Kier molecular flexibility index (Phi) is 4.57. The second-order valence-corrected chi connectivity index (χ2v) is 6.50. The molecule has 0 unspecified atom stereocenters. The van der Waals surface area contributed by atoms with E-state index in [0.717, 1.165) is 16.3 Å². The van der Waals surface area contributed by atoms with Gasteiger partial charge in [-0.05, 0) is 25.5 Å². The largest absolute Gasteiger partial charge is 0.326 e. The van der Waals surface area contributed by atoms with E-state index in [2.05, 4.69) is 20.9 Å². The fourth-order valence-electron chi connectivity index (χ4n) is 2.41. The Hall–Kier alpha value is -2.74. The number of carbonyl (C=O) groups excluding carboxylic acids is 3. The number of benzene rings is 1. The minimum atomic E-state index is -0.646. The molecule has 1 aromatic carbocycles. The molecule has 1 atom stereocenters. The number of amides is 4. The van der Waals surface area contributed by atoms with Crippen molar-refractivity contribution in [1.82, 2.24) is 15.6 Å². The van der Waals surface area contributed by atoms with Gasteiger partial charge in [-0.1, -0.05) is 12.1 Å². The van der Waals surface area contributed by atoms with Crippen LogP contribution in [0, 0.1) is 6.92 Å². The fraction of sp³-hybridized carbons (Fsp3) is 0.250. The van der Waals surface area contributed by atoms with Gasteiger partial charge in [0, 0.05) is 23.1 Å². The number of aryl methyl sites for hydroxylation is 1. The summed E-state index contributed by atoms with van der Waals surface area (Å²) < 4.78 is 0. The molecule has 8 heteroatoms. The predicted molar refractivity (Wildman–Crippen MR) is 90.6 cm³/mol. The van der Waals surface area contributed by atoms with E-state index in [4.69, 9.17) is 0 Å². The van der Waals surface area contributed by atoms with E-state index in [0.29, 0.717) is 5.69 Å². The molecule has 0 bridgehead atoms. The average molecular weight is 344 g/mol. The smallest absolute Gasteiger partial charge is 0.322 e. The molecule has 1 saturated heterocycles. The molecule has 1 aliphatic heterocycles. The van der Waals surface area contributed by atoms with Gasteiger partial charge in [0.05, 0.1) is 10.7 Å². The molecule has 1 aromatic heterocycles. The van der Waals surface area contributed by atoms with Gasteiger partial charge < -0.3 is 10.6 Å². The summed E-state index contributed by atoms with van der Waals surface area (Å²) in [4.78, 5) is 38.9. The highest BCUT2D eigenvalue weighted by Crippen LogP contribution is 2.24. The summed E-state index contributed by atoms with van der Waals surface area (Å²) in [5.74, 6) is -0.607. The summed E-state index contributed by atoms with van der Waals surface area (Å²) in [5, 5.41) is 10.4. The second-order valence-electron chi connectivity index (χ2n) is 5.43. The molecule has 0 saturated carbocycles. The zero-order valence-corrected chi connectivity index (χ0v) is 13.8. The number of rotatable bonds is 5. The van der Waals surface area contributed by atoms with Crippen LogP contribution in [0.1, 0.15) is 17.8 Å². The third-order valence-corrected chi connectivity index (χ3v) is 4.35. The molecule has 124 valence electrons. The summed E-state index contributed by atoms with van der Waals surface area (Å²) in [6, 6.07) is 6.28. The molecule has 2 heterocycles. The monoisotopic (exact) mass is 344 g/mol. The van der Waals surface area contributed by atoms with Crippen molar-refractivity contribution in [3.63, 3.8) is 0 Å². The van der Waals surface area contributed by atoms with Gasteiger partial charge in [0.2, 0.25) is 5.91 Å². The minimum absolute atomic E-state index is 0.137. The van der Waals surface area contributed by atoms with E-state index < -0.39 is 18.0 Å². The third-order valence-electron chi connectivity index (χ3n) is 3.58. The first-order valence-electron chi connectivity index (χ1n) is 7.45. The van der Waals surface area contributed by atoms with Crippen molar-refractivity contribution in [1.29, 1.82) is 0 Å². The van der Waals surface area contributed by atoms with E-state index in [9.17, 15) is 14.4 Å². The highest BCUT2D eigenvalue weighted by molar-refractivity contribution is 7.09. The number of nitrogens with one attached hydrogen (secondary N) is 3. The van der Waals surface area contributed by atoms with Gasteiger partial charge in [-0.25, -0.2) is 9.78 Å². The van der Waals surface area contributed by atoms with Gasteiger partial charge in [-0.3, -0.25) is 14.9 Å². The van der Waals surface area contributed by atoms with Gasteiger partial charge in [0.1, 0.15) is 6.04 Å². The number of nitrogens with zero attached hydrogens (tertiary/aromatic N) is 1. The molecular formula is C16H16N4O3S. The lowest BCUT2D eigenvalue weighted by Crippen LogP contribution is -2.30. The van der Waals surface area contributed by atoms with Crippen LogP contribution in [-0.4, -0.2) is 28.9 Å². The molecule has 1 fully saturated rings. The molecule has 1 aliphatic rings. The third kappa shape index (κ3) is 3.77. The zero-order valence-electron chi connectivity index (χ0n) is 13.0. The Balaban J connectivity index is 1.58. The molecular weight excluding hydrogens is 328 g/mol. The van der Waals surface area contributed by atoms with Crippen molar-refractivity contribution in [2.75, 3.05) is 5.32 Å². The standard InChI is InChI=1S/C16H16N4O3S/c1-9-17-13(8-24-9)10-3-2-4-11(7-10)18-14(21)6-5-12-15(22)20-16(23)19-12/h2-4,7-8,12H,5-6H2,1H3,(H,18,21)(H2,19,20,22,23)/t12-/m0/s1. The van der Waals surface area contributed by atoms with Crippen molar-refractivity contribution in [3.8, 4) is 11.3 Å². The number of anilines is 1. The molecule has 2 aromatic rings. The number of imide groups is 1. The van der Waals surface area contributed by atoms with Gasteiger partial charge in [0.25, 0.3) is 5.91 Å². The fourth-order valence-corrected chi connectivity index (χ4v) is 3.04. The maximum absolute atomic E-state index is 12.0. The molecule has 3 rings (SSSR count). The number of hydrogen-bond acceptors (Lipinski definition) is 5. The lowest BCUT2D eigenvalue weighted by atomic mass is 10.1. The van der Waals surface area contributed by atoms with E-state index >= 15 is 0 Å². The van der Waals surface area contributed by atoms with Crippen molar-refractivity contribution in [2.45, 2.75) is 25.8 Å². The van der Waals surface area contributed by atoms with E-state index in [1.165, 1.54) is 0 Å². The first-order chi connectivity index (χ1) is 11.5. The predicted octanol–water partition coefficient (Wildman–Crippen LogP) is 2.05. The Morgan fingerprint density at radius 3 is 2.88 bits per heavy atom. The van der Waals surface area contributed by atoms with Gasteiger partial charge >= 0.3 is 6.03 Å². The van der Waals surface area contributed by atoms with Crippen LogP contribution in [0.3, 0.4) is 0 Å². The summed E-state index contributed by atoms with van der Waals surface area (Å²) in [6.45, 7) is 1.94. The van der Waals surface area contributed by atoms with E-state index in [1.54, 1.807) is 17.4 Å². The van der Waals surface area contributed by atoms with Crippen molar-refractivity contribution in [3.05, 3.63) is 34.7 Å². The molecule has 7 nitrogen and oxygen atoms in total. The van der Waals surface area contributed by atoms with E-state index in [-0.39, 0.29) is 18.7 Å². The van der Waals surface area contributed by atoms with Crippen molar-refractivity contribution >= 4 is 34.9 Å². The van der Waals surface area contributed by atoms with Crippen LogP contribution in [0.2, 0.25) is 0 Å². The Bertz CT molecular complexity index is 802. The summed E-state index contributed by atoms with van der Waals surface area (Å²) in [5.41, 5.74) is 2.47. The summed E-state index contributed by atoms with van der Waals surface area (Å²) >= 11 is 1.57. The molecule has 0 aliphatic carbocycles. The number of thiazole rings is 1. The van der Waals surface area contributed by atoms with Crippen LogP contribution in [0.15, 0.2) is 29.6 Å².